The lowest BCUT2D eigenvalue weighted by atomic mass is 9.79. The second-order valence-corrected chi connectivity index (χ2v) is 6.60. The lowest BCUT2D eigenvalue weighted by molar-refractivity contribution is -0.136. The summed E-state index contributed by atoms with van der Waals surface area (Å²) in [7, 11) is -0.931. The van der Waals surface area contributed by atoms with E-state index in [1.807, 2.05) is 0 Å². The highest BCUT2D eigenvalue weighted by Crippen LogP contribution is 2.36. The maximum atomic E-state index is 13.2. The first-order valence-electron chi connectivity index (χ1n) is 8.77. The fourth-order valence-electron chi connectivity index (χ4n) is 3.03. The van der Waals surface area contributed by atoms with Crippen LogP contribution < -0.4 is 16.1 Å². The molecule has 4 rings (SSSR count). The molecule has 0 saturated carbocycles. The van der Waals surface area contributed by atoms with Gasteiger partial charge in [0.1, 0.15) is 5.82 Å². The van der Waals surface area contributed by atoms with E-state index in [4.69, 9.17) is 4.65 Å². The predicted octanol–water partition coefficient (Wildman–Crippen LogP) is 3.51. The van der Waals surface area contributed by atoms with Crippen molar-refractivity contribution in [1.82, 2.24) is 9.97 Å². The molecule has 2 aromatic carbocycles. The smallest absolute Gasteiger partial charge is 0.423 e. The fraction of sp³-hybridized carbons (Fsp3) is 0.158. The quantitative estimate of drug-likeness (QED) is 0.582. The number of aryl methyl sites for hydroxylation is 1. The van der Waals surface area contributed by atoms with Gasteiger partial charge in [-0.15, -0.1) is 0 Å². The van der Waals surface area contributed by atoms with Crippen molar-refractivity contribution in [3.8, 4) is 0 Å². The van der Waals surface area contributed by atoms with Crippen LogP contribution >= 0.6 is 0 Å². The maximum absolute atomic E-state index is 13.2. The van der Waals surface area contributed by atoms with Crippen LogP contribution in [0.4, 0.5) is 36.3 Å². The standard InChI is InChI=1S/C19H16BF3N4O2/c1-11-9-24-18(25-13-6-7-15-12(8-13)10-29-20(15)28)27-17(11)26-16-5-3-2-4-14(16)19(21,22)23/h2-9,28H,10H2,1H3,(H2,24,25,26,27). The minimum absolute atomic E-state index is 0.0867. The minimum atomic E-state index is -4.48. The fourth-order valence-corrected chi connectivity index (χ4v) is 3.03. The molecule has 10 heteroatoms. The Morgan fingerprint density at radius 1 is 1.14 bits per heavy atom. The molecule has 1 aromatic heterocycles. The van der Waals surface area contributed by atoms with E-state index in [2.05, 4.69) is 20.6 Å². The Morgan fingerprint density at radius 2 is 1.93 bits per heavy atom. The van der Waals surface area contributed by atoms with Crippen LogP contribution in [0.5, 0.6) is 0 Å². The van der Waals surface area contributed by atoms with E-state index in [0.717, 1.165) is 11.6 Å². The summed E-state index contributed by atoms with van der Waals surface area (Å²) in [6, 6.07) is 10.5. The van der Waals surface area contributed by atoms with Crippen molar-refractivity contribution >= 4 is 35.7 Å². The summed E-state index contributed by atoms with van der Waals surface area (Å²) in [6.07, 6.45) is -2.96. The largest absolute Gasteiger partial charge is 0.491 e. The van der Waals surface area contributed by atoms with Gasteiger partial charge in [-0.25, -0.2) is 4.98 Å². The van der Waals surface area contributed by atoms with E-state index >= 15 is 0 Å². The van der Waals surface area contributed by atoms with Crippen molar-refractivity contribution in [1.29, 1.82) is 0 Å². The van der Waals surface area contributed by atoms with E-state index in [9.17, 15) is 18.2 Å². The van der Waals surface area contributed by atoms with Crippen molar-refractivity contribution in [2.45, 2.75) is 19.7 Å². The van der Waals surface area contributed by atoms with E-state index in [0.29, 0.717) is 23.3 Å². The van der Waals surface area contributed by atoms with E-state index < -0.39 is 18.9 Å². The van der Waals surface area contributed by atoms with Gasteiger partial charge in [-0.3, -0.25) is 0 Å². The number of hydrogen-bond donors (Lipinski definition) is 3. The Bertz CT molecular complexity index is 1060. The van der Waals surface area contributed by atoms with Gasteiger partial charge in [0.05, 0.1) is 17.9 Å². The summed E-state index contributed by atoms with van der Waals surface area (Å²) in [5, 5.41) is 15.5. The SMILES string of the molecule is Cc1cnc(Nc2ccc3c(c2)COB3O)nc1Nc1ccccc1C(F)(F)F. The van der Waals surface area contributed by atoms with Gasteiger partial charge in [0.25, 0.3) is 0 Å². The molecule has 3 N–H and O–H groups in total. The van der Waals surface area contributed by atoms with Gasteiger partial charge < -0.3 is 20.3 Å². The van der Waals surface area contributed by atoms with E-state index in [1.165, 1.54) is 24.4 Å². The van der Waals surface area contributed by atoms with Gasteiger partial charge in [0.2, 0.25) is 5.95 Å². The number of rotatable bonds is 4. The van der Waals surface area contributed by atoms with Crippen LogP contribution in [0.3, 0.4) is 0 Å². The summed E-state index contributed by atoms with van der Waals surface area (Å²) in [5.74, 6) is 0.487. The van der Waals surface area contributed by atoms with Gasteiger partial charge >= 0.3 is 13.3 Å². The summed E-state index contributed by atoms with van der Waals surface area (Å²) in [4.78, 5) is 8.50. The highest BCUT2D eigenvalue weighted by molar-refractivity contribution is 6.61. The average Bonchev–Trinajstić information content (AvgIpc) is 3.04. The number of alkyl halides is 3. The molecule has 0 saturated heterocycles. The van der Waals surface area contributed by atoms with Crippen LogP contribution in [-0.4, -0.2) is 22.1 Å². The lowest BCUT2D eigenvalue weighted by Crippen LogP contribution is -2.27. The van der Waals surface area contributed by atoms with Gasteiger partial charge in [0, 0.05) is 17.4 Å². The zero-order valence-electron chi connectivity index (χ0n) is 15.3. The number of fused-ring (bicyclic) bond motifs is 1. The Labute approximate surface area is 164 Å². The third-order valence-corrected chi connectivity index (χ3v) is 4.52. The normalized spacial score (nSPS) is 13.3. The minimum Gasteiger partial charge on any atom is -0.423 e. The summed E-state index contributed by atoms with van der Waals surface area (Å²) >= 11 is 0. The van der Waals surface area contributed by atoms with Gasteiger partial charge in [-0.05, 0) is 42.2 Å². The van der Waals surface area contributed by atoms with Crippen molar-refractivity contribution < 1.29 is 22.8 Å². The summed E-state index contributed by atoms with van der Waals surface area (Å²) < 4.78 is 44.9. The lowest BCUT2D eigenvalue weighted by Gasteiger charge is -2.15. The average molecular weight is 400 g/mol. The molecule has 0 atom stereocenters. The van der Waals surface area contributed by atoms with Crippen LogP contribution in [0, 0.1) is 6.92 Å². The summed E-state index contributed by atoms with van der Waals surface area (Å²) in [5.41, 5.74) is 1.95. The van der Waals surface area contributed by atoms with Crippen LogP contribution in [0.25, 0.3) is 0 Å². The Kier molecular flexibility index (Phi) is 4.89. The molecule has 0 spiro atoms. The Balaban J connectivity index is 1.59. The van der Waals surface area contributed by atoms with Crippen LogP contribution in [0.1, 0.15) is 16.7 Å². The highest BCUT2D eigenvalue weighted by Gasteiger charge is 2.33. The second kappa shape index (κ2) is 7.38. The molecule has 29 heavy (non-hydrogen) atoms. The zero-order chi connectivity index (χ0) is 20.6. The molecule has 148 valence electrons. The number of aromatic nitrogens is 2. The molecular weight excluding hydrogens is 384 g/mol. The Morgan fingerprint density at radius 3 is 2.72 bits per heavy atom. The summed E-state index contributed by atoms with van der Waals surface area (Å²) in [6.45, 7) is 2.00. The molecule has 3 aromatic rings. The second-order valence-electron chi connectivity index (χ2n) is 6.60. The molecule has 6 nitrogen and oxygen atoms in total. The van der Waals surface area contributed by atoms with Crippen molar-refractivity contribution in [2.24, 2.45) is 0 Å². The topological polar surface area (TPSA) is 79.3 Å². The number of hydrogen-bond acceptors (Lipinski definition) is 6. The van der Waals surface area contributed by atoms with Crippen LogP contribution in [0.2, 0.25) is 0 Å². The first-order chi connectivity index (χ1) is 13.8. The van der Waals surface area contributed by atoms with Gasteiger partial charge in [0.15, 0.2) is 0 Å². The third kappa shape index (κ3) is 4.03. The van der Waals surface area contributed by atoms with E-state index in [-0.39, 0.29) is 17.5 Å². The number of anilines is 4. The van der Waals surface area contributed by atoms with Gasteiger partial charge in [-0.2, -0.15) is 18.2 Å². The van der Waals surface area contributed by atoms with Gasteiger partial charge in [-0.1, -0.05) is 18.2 Å². The monoisotopic (exact) mass is 400 g/mol. The zero-order valence-corrected chi connectivity index (χ0v) is 15.3. The molecule has 1 aliphatic heterocycles. The highest BCUT2D eigenvalue weighted by atomic mass is 19.4. The van der Waals surface area contributed by atoms with Crippen molar-refractivity contribution in [2.75, 3.05) is 10.6 Å². The molecule has 0 aliphatic carbocycles. The van der Waals surface area contributed by atoms with Crippen LogP contribution in [0.15, 0.2) is 48.7 Å². The third-order valence-electron chi connectivity index (χ3n) is 4.52. The first-order valence-corrected chi connectivity index (χ1v) is 8.77. The number of halogens is 3. The predicted molar refractivity (Wildman–Crippen MR) is 104 cm³/mol. The molecule has 0 amide bonds. The molecular formula is C19H16BF3N4O2. The molecule has 0 fully saturated rings. The van der Waals surface area contributed by atoms with Crippen LogP contribution in [-0.2, 0) is 17.4 Å². The Hall–Kier alpha value is -3.11. The molecule has 0 bridgehead atoms. The number of nitrogens with zero attached hydrogens (tertiary/aromatic N) is 2. The van der Waals surface area contributed by atoms with E-state index in [1.54, 1.807) is 25.1 Å². The molecule has 0 radical (unpaired) electrons. The molecule has 2 heterocycles. The maximum Gasteiger partial charge on any atom is 0.491 e. The molecule has 1 aliphatic rings. The number of para-hydroxylation sites is 1. The van der Waals surface area contributed by atoms with Crippen molar-refractivity contribution in [3.05, 3.63) is 65.4 Å². The van der Waals surface area contributed by atoms with Crippen molar-refractivity contribution in [3.63, 3.8) is 0 Å². The molecule has 0 unspecified atom stereocenters. The number of nitrogens with one attached hydrogen (secondary N) is 2. The first kappa shape index (κ1) is 19.2. The number of benzene rings is 2.